The molecule has 0 spiro atoms. The van der Waals surface area contributed by atoms with Gasteiger partial charge in [-0.2, -0.15) is 0 Å². The van der Waals surface area contributed by atoms with Crippen LogP contribution in [-0.4, -0.2) is 37.7 Å². The number of oxazole rings is 1. The minimum Gasteiger partial charge on any atom is -0.444 e. The summed E-state index contributed by atoms with van der Waals surface area (Å²) in [5.41, 5.74) is 0.919. The van der Waals surface area contributed by atoms with Crippen molar-refractivity contribution in [2.45, 2.75) is 33.4 Å². The van der Waals surface area contributed by atoms with Crippen LogP contribution in [0, 0.1) is 13.8 Å². The van der Waals surface area contributed by atoms with Gasteiger partial charge < -0.3 is 19.8 Å². The van der Waals surface area contributed by atoms with Gasteiger partial charge in [-0.25, -0.2) is 4.98 Å². The van der Waals surface area contributed by atoms with Crippen LogP contribution in [0.15, 0.2) is 9.41 Å². The lowest BCUT2D eigenvalue weighted by Crippen LogP contribution is -2.43. The molecule has 0 amide bonds. The van der Waals surface area contributed by atoms with Gasteiger partial charge in [0.25, 0.3) is 0 Å². The van der Waals surface area contributed by atoms with Crippen molar-refractivity contribution in [1.82, 2.24) is 15.6 Å². The molecule has 1 aromatic rings. The zero-order valence-corrected chi connectivity index (χ0v) is 14.4. The summed E-state index contributed by atoms with van der Waals surface area (Å²) >= 11 is 0. The lowest BCUT2D eigenvalue weighted by molar-refractivity contribution is 0.179. The Balaban J connectivity index is 0.00000324. The van der Waals surface area contributed by atoms with E-state index in [1.807, 2.05) is 20.8 Å². The van der Waals surface area contributed by atoms with Crippen molar-refractivity contribution in [1.29, 1.82) is 0 Å². The Hall–Kier alpha value is -0.830. The number of rotatable bonds is 5. The summed E-state index contributed by atoms with van der Waals surface area (Å²) in [5, 5.41) is 6.35. The Labute approximate surface area is 131 Å². The van der Waals surface area contributed by atoms with Crippen molar-refractivity contribution < 1.29 is 9.15 Å². The van der Waals surface area contributed by atoms with Crippen molar-refractivity contribution >= 4 is 29.9 Å². The van der Waals surface area contributed by atoms with Gasteiger partial charge in [0.2, 0.25) is 5.89 Å². The van der Waals surface area contributed by atoms with Gasteiger partial charge in [-0.1, -0.05) is 0 Å². The molecule has 0 saturated carbocycles. The highest BCUT2D eigenvalue weighted by Crippen LogP contribution is 2.07. The summed E-state index contributed by atoms with van der Waals surface area (Å²) in [7, 11) is 3.40. The second-order valence-electron chi connectivity index (χ2n) is 4.18. The summed E-state index contributed by atoms with van der Waals surface area (Å²) in [4.78, 5) is 8.42. The van der Waals surface area contributed by atoms with E-state index in [-0.39, 0.29) is 30.0 Å². The molecule has 0 fully saturated rings. The first-order valence-electron chi connectivity index (χ1n) is 5.95. The molecule has 0 aliphatic carbocycles. The van der Waals surface area contributed by atoms with Crippen LogP contribution in [-0.2, 0) is 11.3 Å². The molecule has 0 aromatic carbocycles. The third kappa shape index (κ3) is 6.24. The summed E-state index contributed by atoms with van der Waals surface area (Å²) in [5.74, 6) is 2.21. The van der Waals surface area contributed by atoms with Crippen LogP contribution in [0.4, 0.5) is 0 Å². The maximum atomic E-state index is 5.48. The average Bonchev–Trinajstić information content (AvgIpc) is 2.64. The highest BCUT2D eigenvalue weighted by atomic mass is 127. The van der Waals surface area contributed by atoms with Gasteiger partial charge in [-0.3, -0.25) is 4.99 Å². The van der Waals surface area contributed by atoms with Crippen LogP contribution >= 0.6 is 24.0 Å². The van der Waals surface area contributed by atoms with Gasteiger partial charge in [0.15, 0.2) is 5.96 Å². The van der Waals surface area contributed by atoms with Gasteiger partial charge in [-0.05, 0) is 20.8 Å². The van der Waals surface area contributed by atoms with Crippen LogP contribution in [0.1, 0.15) is 24.3 Å². The molecule has 1 atom stereocenters. The van der Waals surface area contributed by atoms with Crippen molar-refractivity contribution in [2.24, 2.45) is 4.99 Å². The molecule has 1 heterocycles. The third-order valence-corrected chi connectivity index (χ3v) is 2.50. The first kappa shape index (κ1) is 18.2. The van der Waals surface area contributed by atoms with E-state index in [4.69, 9.17) is 9.15 Å². The number of guanidine groups is 1. The highest BCUT2D eigenvalue weighted by molar-refractivity contribution is 14.0. The zero-order valence-electron chi connectivity index (χ0n) is 12.1. The average molecular weight is 382 g/mol. The summed E-state index contributed by atoms with van der Waals surface area (Å²) in [6.45, 7) is 6.98. The molecule has 2 N–H and O–H groups in total. The standard InChI is InChI=1S/C12H22N4O2.HI/c1-8(7-17-5)15-12(13-4)14-6-11-16-9(2)10(3)18-11;/h8H,6-7H2,1-5H3,(H2,13,14,15);1H. The molecular weight excluding hydrogens is 359 g/mol. The van der Waals surface area contributed by atoms with Crippen molar-refractivity contribution in [3.8, 4) is 0 Å². The fourth-order valence-electron chi connectivity index (χ4n) is 1.49. The fourth-order valence-corrected chi connectivity index (χ4v) is 1.49. The first-order valence-corrected chi connectivity index (χ1v) is 5.95. The predicted molar refractivity (Wildman–Crippen MR) is 86.1 cm³/mol. The lowest BCUT2D eigenvalue weighted by atomic mass is 10.4. The monoisotopic (exact) mass is 382 g/mol. The predicted octanol–water partition coefficient (Wildman–Crippen LogP) is 1.61. The van der Waals surface area contributed by atoms with Crippen LogP contribution in [0.2, 0.25) is 0 Å². The number of aryl methyl sites for hydroxylation is 2. The maximum absolute atomic E-state index is 5.48. The molecule has 7 heteroatoms. The molecule has 0 radical (unpaired) electrons. The first-order chi connectivity index (χ1) is 8.56. The number of aromatic nitrogens is 1. The number of methoxy groups -OCH3 is 1. The number of nitrogens with zero attached hydrogens (tertiary/aromatic N) is 2. The van der Waals surface area contributed by atoms with Gasteiger partial charge >= 0.3 is 0 Å². The molecule has 1 unspecified atom stereocenters. The van der Waals surface area contributed by atoms with E-state index in [2.05, 4.69) is 20.6 Å². The van der Waals surface area contributed by atoms with E-state index in [0.717, 1.165) is 11.5 Å². The molecule has 110 valence electrons. The Morgan fingerprint density at radius 2 is 2.16 bits per heavy atom. The van der Waals surface area contributed by atoms with E-state index >= 15 is 0 Å². The van der Waals surface area contributed by atoms with Crippen LogP contribution in [0.25, 0.3) is 0 Å². The van der Waals surface area contributed by atoms with Gasteiger partial charge in [0, 0.05) is 20.2 Å². The van der Waals surface area contributed by atoms with E-state index < -0.39 is 0 Å². The SMILES string of the molecule is CN=C(NCc1nc(C)c(C)o1)NC(C)COC.I. The molecule has 1 aromatic heterocycles. The summed E-state index contributed by atoms with van der Waals surface area (Å²) < 4.78 is 10.5. The quantitative estimate of drug-likeness (QED) is 0.460. The Bertz CT molecular complexity index is 387. The van der Waals surface area contributed by atoms with Crippen molar-refractivity contribution in [3.05, 3.63) is 17.3 Å². The molecule has 6 nitrogen and oxygen atoms in total. The summed E-state index contributed by atoms with van der Waals surface area (Å²) in [6, 6.07) is 0.189. The second-order valence-corrected chi connectivity index (χ2v) is 4.18. The lowest BCUT2D eigenvalue weighted by Gasteiger charge is -2.16. The highest BCUT2D eigenvalue weighted by Gasteiger charge is 2.08. The Morgan fingerprint density at radius 1 is 1.47 bits per heavy atom. The molecule has 0 bridgehead atoms. The minimum absolute atomic E-state index is 0. The third-order valence-electron chi connectivity index (χ3n) is 2.50. The topological polar surface area (TPSA) is 71.7 Å². The number of hydrogen-bond donors (Lipinski definition) is 2. The molecule has 1 rings (SSSR count). The number of halogens is 1. The largest absolute Gasteiger partial charge is 0.444 e. The summed E-state index contributed by atoms with van der Waals surface area (Å²) in [6.07, 6.45) is 0. The van der Waals surface area contributed by atoms with Gasteiger partial charge in [0.05, 0.1) is 18.8 Å². The second kappa shape index (κ2) is 9.13. The van der Waals surface area contributed by atoms with Crippen LogP contribution in [0.3, 0.4) is 0 Å². The number of hydrogen-bond acceptors (Lipinski definition) is 4. The molecule has 0 aliphatic heterocycles. The van der Waals surface area contributed by atoms with E-state index in [9.17, 15) is 0 Å². The molecular formula is C12H23IN4O2. The van der Waals surface area contributed by atoms with E-state index in [0.29, 0.717) is 25.0 Å². The van der Waals surface area contributed by atoms with Crippen molar-refractivity contribution in [3.63, 3.8) is 0 Å². The minimum atomic E-state index is 0. The van der Waals surface area contributed by atoms with Crippen LogP contribution in [0.5, 0.6) is 0 Å². The number of aliphatic imine (C=N–C) groups is 1. The van der Waals surface area contributed by atoms with E-state index in [1.54, 1.807) is 14.2 Å². The maximum Gasteiger partial charge on any atom is 0.214 e. The fraction of sp³-hybridized carbons (Fsp3) is 0.667. The van der Waals surface area contributed by atoms with Crippen LogP contribution < -0.4 is 10.6 Å². The number of nitrogens with one attached hydrogen (secondary N) is 2. The number of ether oxygens (including phenoxy) is 1. The Morgan fingerprint density at radius 3 is 2.63 bits per heavy atom. The van der Waals surface area contributed by atoms with E-state index in [1.165, 1.54) is 0 Å². The molecule has 0 aliphatic rings. The smallest absolute Gasteiger partial charge is 0.214 e. The normalized spacial score (nSPS) is 12.8. The molecule has 19 heavy (non-hydrogen) atoms. The Kier molecular flexibility index (Phi) is 8.73. The van der Waals surface area contributed by atoms with Gasteiger partial charge in [-0.15, -0.1) is 24.0 Å². The molecule has 0 saturated heterocycles. The van der Waals surface area contributed by atoms with Crippen molar-refractivity contribution in [2.75, 3.05) is 20.8 Å². The van der Waals surface area contributed by atoms with Gasteiger partial charge in [0.1, 0.15) is 5.76 Å². The zero-order chi connectivity index (χ0) is 13.5.